The summed E-state index contributed by atoms with van der Waals surface area (Å²) in [5, 5.41) is 0. The number of nitrogens with zero attached hydrogens (tertiary/aromatic N) is 3. The van der Waals surface area contributed by atoms with Crippen LogP contribution in [0.2, 0.25) is 0 Å². The van der Waals surface area contributed by atoms with Crippen LogP contribution in [0.1, 0.15) is 11.6 Å². The van der Waals surface area contributed by atoms with Gasteiger partial charge >= 0.3 is 0 Å². The van der Waals surface area contributed by atoms with Crippen LogP contribution in [0.15, 0.2) is 79.1 Å². The summed E-state index contributed by atoms with van der Waals surface area (Å²) in [6.07, 6.45) is 3.27. The SMILES string of the molecule is COc1ccc(N2C(=O)CN(c3ccccc3)C(=O)C2c2cccnc2)cc1. The molecule has 1 fully saturated rings. The van der Waals surface area contributed by atoms with E-state index < -0.39 is 6.04 Å². The molecule has 0 spiro atoms. The standard InChI is InChI=1S/C22H19N3O3/c1-28-19-11-9-18(10-12-19)25-20(26)15-24(17-7-3-2-4-8-17)22(27)21(25)16-6-5-13-23-14-16/h2-14,21H,15H2,1H3. The van der Waals surface area contributed by atoms with E-state index in [4.69, 9.17) is 4.74 Å². The van der Waals surface area contributed by atoms with Gasteiger partial charge in [0, 0.05) is 29.3 Å². The first-order valence-electron chi connectivity index (χ1n) is 8.91. The lowest BCUT2D eigenvalue weighted by Crippen LogP contribution is -2.56. The van der Waals surface area contributed by atoms with Crippen molar-refractivity contribution in [1.29, 1.82) is 0 Å². The zero-order valence-electron chi connectivity index (χ0n) is 15.4. The molecule has 140 valence electrons. The number of methoxy groups -OCH3 is 1. The maximum absolute atomic E-state index is 13.5. The van der Waals surface area contributed by atoms with Gasteiger partial charge in [0.05, 0.1) is 7.11 Å². The lowest BCUT2D eigenvalue weighted by atomic mass is 10.0. The minimum absolute atomic E-state index is 0.0222. The molecular weight excluding hydrogens is 354 g/mol. The van der Waals surface area contributed by atoms with Crippen LogP contribution < -0.4 is 14.5 Å². The number of para-hydroxylation sites is 1. The second-order valence-corrected chi connectivity index (χ2v) is 6.41. The lowest BCUT2D eigenvalue weighted by Gasteiger charge is -2.40. The van der Waals surface area contributed by atoms with Gasteiger partial charge in [-0.3, -0.25) is 19.5 Å². The van der Waals surface area contributed by atoms with Gasteiger partial charge in [0.15, 0.2) is 0 Å². The van der Waals surface area contributed by atoms with Gasteiger partial charge < -0.3 is 9.64 Å². The van der Waals surface area contributed by atoms with Crippen LogP contribution >= 0.6 is 0 Å². The molecule has 0 bridgehead atoms. The topological polar surface area (TPSA) is 62.7 Å². The second-order valence-electron chi connectivity index (χ2n) is 6.41. The van der Waals surface area contributed by atoms with Gasteiger partial charge in [-0.25, -0.2) is 0 Å². The summed E-state index contributed by atoms with van der Waals surface area (Å²) in [7, 11) is 1.58. The lowest BCUT2D eigenvalue weighted by molar-refractivity contribution is -0.128. The summed E-state index contributed by atoms with van der Waals surface area (Å²) in [5.41, 5.74) is 2.00. The molecule has 2 aromatic carbocycles. The first-order chi connectivity index (χ1) is 13.7. The molecule has 28 heavy (non-hydrogen) atoms. The fourth-order valence-electron chi connectivity index (χ4n) is 3.38. The number of carbonyl (C=O) groups excluding carboxylic acids is 2. The number of hydrogen-bond donors (Lipinski definition) is 0. The van der Waals surface area contributed by atoms with E-state index in [0.717, 1.165) is 0 Å². The Bertz CT molecular complexity index is 975. The maximum Gasteiger partial charge on any atom is 0.255 e. The first kappa shape index (κ1) is 17.7. The van der Waals surface area contributed by atoms with Gasteiger partial charge in [-0.1, -0.05) is 24.3 Å². The first-order valence-corrected chi connectivity index (χ1v) is 8.91. The Kier molecular flexibility index (Phi) is 4.76. The summed E-state index contributed by atoms with van der Waals surface area (Å²) in [4.78, 5) is 33.8. The van der Waals surface area contributed by atoms with Crippen molar-refractivity contribution in [3.8, 4) is 5.75 Å². The molecule has 1 unspecified atom stereocenters. The molecule has 2 amide bonds. The average Bonchev–Trinajstić information content (AvgIpc) is 2.76. The van der Waals surface area contributed by atoms with Crippen molar-refractivity contribution in [1.82, 2.24) is 4.98 Å². The number of carbonyl (C=O) groups is 2. The molecule has 3 aromatic rings. The van der Waals surface area contributed by atoms with E-state index >= 15 is 0 Å². The summed E-state index contributed by atoms with van der Waals surface area (Å²) in [6, 6.07) is 19.1. The third-order valence-corrected chi connectivity index (χ3v) is 4.74. The normalized spacial score (nSPS) is 17.0. The van der Waals surface area contributed by atoms with Crippen molar-refractivity contribution in [2.24, 2.45) is 0 Å². The Labute approximate surface area is 163 Å². The van der Waals surface area contributed by atoms with Crippen LogP contribution in [0.4, 0.5) is 11.4 Å². The van der Waals surface area contributed by atoms with E-state index in [-0.39, 0.29) is 18.4 Å². The summed E-state index contributed by atoms with van der Waals surface area (Å²) >= 11 is 0. The van der Waals surface area contributed by atoms with E-state index in [1.807, 2.05) is 36.4 Å². The molecule has 6 nitrogen and oxygen atoms in total. The van der Waals surface area contributed by atoms with Gasteiger partial charge in [-0.2, -0.15) is 0 Å². The van der Waals surface area contributed by atoms with Crippen LogP contribution in [0, 0.1) is 0 Å². The van der Waals surface area contributed by atoms with Crippen molar-refractivity contribution in [3.63, 3.8) is 0 Å². The molecule has 4 rings (SSSR count). The van der Waals surface area contributed by atoms with Crippen molar-refractivity contribution >= 4 is 23.2 Å². The van der Waals surface area contributed by atoms with Crippen LogP contribution in [0.3, 0.4) is 0 Å². The molecule has 1 aliphatic rings. The Balaban J connectivity index is 1.79. The highest BCUT2D eigenvalue weighted by Gasteiger charge is 2.41. The number of amides is 2. The largest absolute Gasteiger partial charge is 0.497 e. The third-order valence-electron chi connectivity index (χ3n) is 4.74. The highest BCUT2D eigenvalue weighted by Crippen LogP contribution is 2.34. The van der Waals surface area contributed by atoms with Crippen molar-refractivity contribution in [2.75, 3.05) is 23.5 Å². The molecule has 1 aliphatic heterocycles. The predicted octanol–water partition coefficient (Wildman–Crippen LogP) is 3.21. The second kappa shape index (κ2) is 7.52. The maximum atomic E-state index is 13.5. The third kappa shape index (κ3) is 3.20. The summed E-state index contributed by atoms with van der Waals surface area (Å²) in [5.74, 6) is 0.348. The number of aromatic nitrogens is 1. The monoisotopic (exact) mass is 373 g/mol. The molecule has 0 radical (unpaired) electrons. The molecule has 0 N–H and O–H groups in total. The smallest absolute Gasteiger partial charge is 0.255 e. The van der Waals surface area contributed by atoms with Crippen LogP contribution in [-0.2, 0) is 9.59 Å². The van der Waals surface area contributed by atoms with Gasteiger partial charge in [-0.05, 0) is 42.5 Å². The Morgan fingerprint density at radius 3 is 2.32 bits per heavy atom. The molecular formula is C22H19N3O3. The van der Waals surface area contributed by atoms with Crippen LogP contribution in [0.5, 0.6) is 5.75 Å². The number of rotatable bonds is 4. The number of ether oxygens (including phenoxy) is 1. The van der Waals surface area contributed by atoms with Crippen molar-refractivity contribution < 1.29 is 14.3 Å². The van der Waals surface area contributed by atoms with Gasteiger partial charge in [0.25, 0.3) is 5.91 Å². The number of anilines is 2. The predicted molar refractivity (Wildman–Crippen MR) is 106 cm³/mol. The molecule has 2 heterocycles. The Morgan fingerprint density at radius 2 is 1.68 bits per heavy atom. The highest BCUT2D eigenvalue weighted by molar-refractivity contribution is 6.14. The number of hydrogen-bond acceptors (Lipinski definition) is 4. The van der Waals surface area contributed by atoms with E-state index in [1.165, 1.54) is 9.80 Å². The van der Waals surface area contributed by atoms with E-state index in [2.05, 4.69) is 4.98 Å². The van der Waals surface area contributed by atoms with Crippen molar-refractivity contribution in [3.05, 3.63) is 84.7 Å². The number of piperazine rings is 1. The quantitative estimate of drug-likeness (QED) is 0.705. The fraction of sp³-hybridized carbons (Fsp3) is 0.136. The number of pyridine rings is 1. The summed E-state index contributed by atoms with van der Waals surface area (Å²) in [6.45, 7) is -0.0222. The van der Waals surface area contributed by atoms with Crippen molar-refractivity contribution in [2.45, 2.75) is 6.04 Å². The van der Waals surface area contributed by atoms with Crippen LogP contribution in [-0.4, -0.2) is 30.5 Å². The van der Waals surface area contributed by atoms with Gasteiger partial charge in [-0.15, -0.1) is 0 Å². The zero-order chi connectivity index (χ0) is 19.5. The van der Waals surface area contributed by atoms with E-state index in [0.29, 0.717) is 22.7 Å². The Hall–Kier alpha value is -3.67. The van der Waals surface area contributed by atoms with Gasteiger partial charge in [0.2, 0.25) is 5.91 Å². The van der Waals surface area contributed by atoms with E-state index in [1.54, 1.807) is 49.8 Å². The minimum Gasteiger partial charge on any atom is -0.497 e. The molecule has 6 heteroatoms. The molecule has 1 atom stereocenters. The molecule has 0 aliphatic carbocycles. The molecule has 1 aromatic heterocycles. The molecule has 1 saturated heterocycles. The van der Waals surface area contributed by atoms with Crippen LogP contribution in [0.25, 0.3) is 0 Å². The minimum atomic E-state index is -0.788. The van der Waals surface area contributed by atoms with E-state index in [9.17, 15) is 9.59 Å². The number of benzene rings is 2. The van der Waals surface area contributed by atoms with Gasteiger partial charge in [0.1, 0.15) is 18.3 Å². The average molecular weight is 373 g/mol. The fourth-order valence-corrected chi connectivity index (χ4v) is 3.38. The zero-order valence-corrected chi connectivity index (χ0v) is 15.4. The highest BCUT2D eigenvalue weighted by atomic mass is 16.5. The summed E-state index contributed by atoms with van der Waals surface area (Å²) < 4.78 is 5.20. The Morgan fingerprint density at radius 1 is 0.929 bits per heavy atom. The molecule has 0 saturated carbocycles.